The van der Waals surface area contributed by atoms with Crippen LogP contribution in [0.15, 0.2) is 18.2 Å². The van der Waals surface area contributed by atoms with Gasteiger partial charge < -0.3 is 10.5 Å². The van der Waals surface area contributed by atoms with E-state index in [0.29, 0.717) is 12.5 Å². The van der Waals surface area contributed by atoms with Crippen molar-refractivity contribution in [1.82, 2.24) is 0 Å². The molecule has 1 aliphatic carbocycles. The molecule has 0 bridgehead atoms. The first-order valence-electron chi connectivity index (χ1n) is 6.75. The van der Waals surface area contributed by atoms with Crippen LogP contribution in [0.25, 0.3) is 0 Å². The van der Waals surface area contributed by atoms with Crippen LogP contribution in [-0.4, -0.2) is 12.5 Å². The van der Waals surface area contributed by atoms with Gasteiger partial charge in [-0.2, -0.15) is 5.26 Å². The van der Waals surface area contributed by atoms with Gasteiger partial charge in [0.1, 0.15) is 17.6 Å². The molecule has 0 amide bonds. The molecule has 0 radical (unpaired) electrons. The van der Waals surface area contributed by atoms with Crippen molar-refractivity contribution in [3.63, 3.8) is 0 Å². The number of carbonyl (C=O) groups excluding carboxylic acids is 1. The van der Waals surface area contributed by atoms with Gasteiger partial charge in [0.05, 0.1) is 11.5 Å². The summed E-state index contributed by atoms with van der Waals surface area (Å²) in [5.74, 6) is -0.510. The summed E-state index contributed by atoms with van der Waals surface area (Å²) in [6, 6.07) is 5.54. The van der Waals surface area contributed by atoms with E-state index < -0.39 is 5.82 Å². The van der Waals surface area contributed by atoms with Crippen molar-refractivity contribution >= 4 is 5.97 Å². The van der Waals surface area contributed by atoms with Crippen molar-refractivity contribution in [1.29, 1.82) is 5.26 Å². The Morgan fingerprint density at radius 3 is 2.65 bits per heavy atom. The zero-order valence-electron chi connectivity index (χ0n) is 11.1. The maximum absolute atomic E-state index is 13.4. The Balaban J connectivity index is 1.95. The van der Waals surface area contributed by atoms with E-state index >= 15 is 0 Å². The number of benzene rings is 1. The molecule has 1 aromatic carbocycles. The fourth-order valence-corrected chi connectivity index (χ4v) is 2.48. The monoisotopic (exact) mass is 276 g/mol. The standard InChI is InChI=1S/C15H17FN2O2/c16-14-7-13(6-5-12(14)9-18)20-15(19)11-3-1-10(8-17)2-4-11/h5-7,10-11H,1-4,8,17H2. The lowest BCUT2D eigenvalue weighted by Gasteiger charge is -2.26. The minimum Gasteiger partial charge on any atom is -0.426 e. The van der Waals surface area contributed by atoms with Gasteiger partial charge in [-0.15, -0.1) is 0 Å². The van der Waals surface area contributed by atoms with E-state index in [-0.39, 0.29) is 23.2 Å². The van der Waals surface area contributed by atoms with Crippen LogP contribution < -0.4 is 10.5 Å². The summed E-state index contributed by atoms with van der Waals surface area (Å²) in [7, 11) is 0. The second kappa shape index (κ2) is 6.49. The highest BCUT2D eigenvalue weighted by molar-refractivity contribution is 5.75. The van der Waals surface area contributed by atoms with E-state index in [2.05, 4.69) is 0 Å². The van der Waals surface area contributed by atoms with Gasteiger partial charge in [-0.05, 0) is 50.3 Å². The molecule has 0 heterocycles. The topological polar surface area (TPSA) is 76.1 Å². The number of rotatable bonds is 3. The normalized spacial score (nSPS) is 22.1. The molecular weight excluding hydrogens is 259 g/mol. The molecule has 2 rings (SSSR count). The van der Waals surface area contributed by atoms with Gasteiger partial charge in [0.25, 0.3) is 0 Å². The largest absolute Gasteiger partial charge is 0.426 e. The van der Waals surface area contributed by atoms with E-state index in [4.69, 9.17) is 15.7 Å². The lowest BCUT2D eigenvalue weighted by atomic mass is 9.82. The number of esters is 1. The molecule has 2 N–H and O–H groups in total. The van der Waals surface area contributed by atoms with E-state index in [0.717, 1.165) is 31.7 Å². The third-order valence-electron chi connectivity index (χ3n) is 3.79. The summed E-state index contributed by atoms with van der Waals surface area (Å²) in [6.45, 7) is 0.655. The highest BCUT2D eigenvalue weighted by Crippen LogP contribution is 2.29. The molecule has 1 aliphatic rings. The average molecular weight is 276 g/mol. The van der Waals surface area contributed by atoms with Gasteiger partial charge in [0.15, 0.2) is 0 Å². The van der Waals surface area contributed by atoms with Gasteiger partial charge in [-0.25, -0.2) is 4.39 Å². The van der Waals surface area contributed by atoms with E-state index in [1.807, 2.05) is 0 Å². The maximum atomic E-state index is 13.4. The molecule has 5 heteroatoms. The lowest BCUT2D eigenvalue weighted by Crippen LogP contribution is -2.28. The van der Waals surface area contributed by atoms with Crippen LogP contribution in [0.1, 0.15) is 31.2 Å². The number of nitriles is 1. The summed E-state index contributed by atoms with van der Waals surface area (Å²) < 4.78 is 18.6. The zero-order valence-corrected chi connectivity index (χ0v) is 11.1. The van der Waals surface area contributed by atoms with Crippen molar-refractivity contribution < 1.29 is 13.9 Å². The molecule has 0 atom stereocenters. The minimum atomic E-state index is -0.676. The fourth-order valence-electron chi connectivity index (χ4n) is 2.48. The molecule has 0 aromatic heterocycles. The third kappa shape index (κ3) is 3.34. The SMILES string of the molecule is N#Cc1ccc(OC(=O)C2CCC(CN)CC2)cc1F. The Kier molecular flexibility index (Phi) is 4.70. The average Bonchev–Trinajstić information content (AvgIpc) is 2.47. The van der Waals surface area contributed by atoms with Crippen molar-refractivity contribution in [3.8, 4) is 11.8 Å². The second-order valence-corrected chi connectivity index (χ2v) is 5.13. The Morgan fingerprint density at radius 1 is 1.40 bits per heavy atom. The van der Waals surface area contributed by atoms with Crippen molar-refractivity contribution in [2.45, 2.75) is 25.7 Å². The fraction of sp³-hybridized carbons (Fsp3) is 0.467. The van der Waals surface area contributed by atoms with Crippen LogP contribution in [0, 0.1) is 29.0 Å². The number of hydrogen-bond donors (Lipinski definition) is 1. The number of nitrogens with zero attached hydrogens (tertiary/aromatic N) is 1. The van der Waals surface area contributed by atoms with E-state index in [1.54, 1.807) is 6.07 Å². The van der Waals surface area contributed by atoms with Gasteiger partial charge in [-0.3, -0.25) is 4.79 Å². The zero-order chi connectivity index (χ0) is 14.5. The Bertz CT molecular complexity index is 531. The predicted octanol–water partition coefficient (Wildman–Crippen LogP) is 2.37. The predicted molar refractivity (Wildman–Crippen MR) is 71.3 cm³/mol. The summed E-state index contributed by atoms with van der Waals surface area (Å²) >= 11 is 0. The second-order valence-electron chi connectivity index (χ2n) is 5.13. The van der Waals surface area contributed by atoms with Crippen LogP contribution in [0.5, 0.6) is 5.75 Å². The third-order valence-corrected chi connectivity index (χ3v) is 3.79. The van der Waals surface area contributed by atoms with Crippen LogP contribution in [0.4, 0.5) is 4.39 Å². The van der Waals surface area contributed by atoms with Crippen molar-refractivity contribution in [2.75, 3.05) is 6.54 Å². The van der Waals surface area contributed by atoms with Crippen molar-refractivity contribution in [2.24, 2.45) is 17.6 Å². The molecule has 106 valence electrons. The number of carbonyl (C=O) groups is 1. The highest BCUT2D eigenvalue weighted by atomic mass is 19.1. The van der Waals surface area contributed by atoms with Gasteiger partial charge in [0.2, 0.25) is 0 Å². The molecule has 1 saturated carbocycles. The van der Waals surface area contributed by atoms with Gasteiger partial charge >= 0.3 is 5.97 Å². The Hall–Kier alpha value is -1.93. The number of ether oxygens (including phenoxy) is 1. The summed E-state index contributed by atoms with van der Waals surface area (Å²) in [5.41, 5.74) is 5.55. The molecule has 0 aliphatic heterocycles. The number of hydrogen-bond acceptors (Lipinski definition) is 4. The number of halogens is 1. The molecule has 0 spiro atoms. The highest BCUT2D eigenvalue weighted by Gasteiger charge is 2.27. The molecular formula is C15H17FN2O2. The lowest BCUT2D eigenvalue weighted by molar-refractivity contribution is -0.140. The molecule has 1 fully saturated rings. The van der Waals surface area contributed by atoms with Crippen LogP contribution in [0.3, 0.4) is 0 Å². The van der Waals surface area contributed by atoms with Crippen LogP contribution in [0.2, 0.25) is 0 Å². The van der Waals surface area contributed by atoms with Gasteiger partial charge in [0, 0.05) is 6.07 Å². The first kappa shape index (κ1) is 14.5. The summed E-state index contributed by atoms with van der Waals surface area (Å²) in [4.78, 5) is 12.0. The van der Waals surface area contributed by atoms with Crippen LogP contribution in [-0.2, 0) is 4.79 Å². The van der Waals surface area contributed by atoms with Crippen LogP contribution >= 0.6 is 0 Å². The Morgan fingerprint density at radius 2 is 2.10 bits per heavy atom. The molecule has 4 nitrogen and oxygen atoms in total. The molecule has 1 aromatic rings. The summed E-state index contributed by atoms with van der Waals surface area (Å²) in [6.07, 6.45) is 3.38. The number of nitrogens with two attached hydrogens (primary N) is 1. The smallest absolute Gasteiger partial charge is 0.314 e. The molecule has 0 saturated heterocycles. The quantitative estimate of drug-likeness (QED) is 0.679. The minimum absolute atomic E-state index is 0.0618. The maximum Gasteiger partial charge on any atom is 0.314 e. The Labute approximate surface area is 117 Å². The molecule has 20 heavy (non-hydrogen) atoms. The van der Waals surface area contributed by atoms with E-state index in [9.17, 15) is 9.18 Å². The molecule has 0 unspecified atom stereocenters. The first-order chi connectivity index (χ1) is 9.63. The first-order valence-corrected chi connectivity index (χ1v) is 6.75. The van der Waals surface area contributed by atoms with Crippen molar-refractivity contribution in [3.05, 3.63) is 29.6 Å². The van der Waals surface area contributed by atoms with E-state index in [1.165, 1.54) is 12.1 Å². The van der Waals surface area contributed by atoms with Gasteiger partial charge in [-0.1, -0.05) is 0 Å². The summed E-state index contributed by atoms with van der Waals surface area (Å²) in [5, 5.41) is 8.64.